The number of pyridine rings is 1. The van der Waals surface area contributed by atoms with Crippen molar-refractivity contribution in [3.63, 3.8) is 0 Å². The van der Waals surface area contributed by atoms with Gasteiger partial charge in [-0.1, -0.05) is 11.6 Å². The molecule has 0 fully saturated rings. The summed E-state index contributed by atoms with van der Waals surface area (Å²) in [6.45, 7) is 4.50. The van der Waals surface area contributed by atoms with E-state index in [-0.39, 0.29) is 5.56 Å². The number of aryl methyl sites for hydroxylation is 1. The van der Waals surface area contributed by atoms with Crippen molar-refractivity contribution < 1.29 is 0 Å². The quantitative estimate of drug-likeness (QED) is 0.632. The molecule has 0 amide bonds. The Labute approximate surface area is 70.4 Å². The van der Waals surface area contributed by atoms with Gasteiger partial charge in [0.2, 0.25) is 0 Å². The largest absolute Gasteiger partial charge is 0.313 e. The summed E-state index contributed by atoms with van der Waals surface area (Å²) >= 11 is 5.67. The van der Waals surface area contributed by atoms with Crippen molar-refractivity contribution in [1.82, 2.24) is 4.57 Å². The molecule has 0 unspecified atom stereocenters. The lowest BCUT2D eigenvalue weighted by Crippen LogP contribution is -2.19. The minimum Gasteiger partial charge on any atom is -0.313 e. The van der Waals surface area contributed by atoms with Crippen LogP contribution in [0, 0.1) is 6.92 Å². The summed E-state index contributed by atoms with van der Waals surface area (Å²) in [5.74, 6) is 0. The Kier molecular flexibility index (Phi) is 2.35. The van der Waals surface area contributed by atoms with E-state index in [0.717, 1.165) is 5.69 Å². The van der Waals surface area contributed by atoms with Crippen molar-refractivity contribution in [3.05, 3.63) is 33.2 Å². The Hall–Kier alpha value is -0.760. The average molecular weight is 172 g/mol. The molecule has 0 aromatic carbocycles. The second-order valence-corrected chi connectivity index (χ2v) is 2.83. The molecule has 0 bridgehead atoms. The van der Waals surface area contributed by atoms with Gasteiger partial charge in [-0.05, 0) is 19.9 Å². The predicted molar refractivity (Wildman–Crippen MR) is 46.1 cm³/mol. The van der Waals surface area contributed by atoms with Gasteiger partial charge < -0.3 is 4.57 Å². The van der Waals surface area contributed by atoms with E-state index in [2.05, 4.69) is 0 Å². The van der Waals surface area contributed by atoms with Crippen LogP contribution < -0.4 is 5.56 Å². The monoisotopic (exact) mass is 171 g/mol. The van der Waals surface area contributed by atoms with Crippen LogP contribution in [0.4, 0.5) is 0 Å². The van der Waals surface area contributed by atoms with E-state index in [4.69, 9.17) is 11.6 Å². The molecule has 0 saturated heterocycles. The van der Waals surface area contributed by atoms with E-state index < -0.39 is 0 Å². The fourth-order valence-electron chi connectivity index (χ4n) is 1.09. The molecule has 3 heteroatoms. The summed E-state index contributed by atoms with van der Waals surface area (Å²) < 4.78 is 1.67. The van der Waals surface area contributed by atoms with E-state index in [1.165, 1.54) is 6.07 Å². The molecule has 0 spiro atoms. The van der Waals surface area contributed by atoms with Crippen LogP contribution in [0.3, 0.4) is 0 Å². The van der Waals surface area contributed by atoms with Gasteiger partial charge in [-0.3, -0.25) is 4.79 Å². The maximum absolute atomic E-state index is 11.2. The van der Waals surface area contributed by atoms with Gasteiger partial charge in [0.1, 0.15) is 0 Å². The maximum Gasteiger partial charge on any atom is 0.252 e. The molecule has 0 saturated carbocycles. The molecular weight excluding hydrogens is 162 g/mol. The van der Waals surface area contributed by atoms with Crippen LogP contribution in [0.1, 0.15) is 12.6 Å². The number of hydrogen-bond acceptors (Lipinski definition) is 1. The van der Waals surface area contributed by atoms with Crippen molar-refractivity contribution in [2.75, 3.05) is 0 Å². The first-order valence-electron chi connectivity index (χ1n) is 3.52. The van der Waals surface area contributed by atoms with Crippen LogP contribution in [-0.2, 0) is 6.54 Å². The van der Waals surface area contributed by atoms with Gasteiger partial charge in [0.15, 0.2) is 0 Å². The zero-order valence-corrected chi connectivity index (χ0v) is 7.35. The zero-order valence-electron chi connectivity index (χ0n) is 6.60. The number of rotatable bonds is 1. The molecule has 1 heterocycles. The lowest BCUT2D eigenvalue weighted by Gasteiger charge is -2.05. The zero-order chi connectivity index (χ0) is 8.43. The minimum absolute atomic E-state index is 0.0301. The third-order valence-electron chi connectivity index (χ3n) is 1.62. The van der Waals surface area contributed by atoms with Crippen molar-refractivity contribution in [1.29, 1.82) is 0 Å². The molecule has 60 valence electrons. The molecule has 0 aliphatic carbocycles. The minimum atomic E-state index is -0.0301. The van der Waals surface area contributed by atoms with Crippen LogP contribution >= 0.6 is 11.6 Å². The first-order valence-corrected chi connectivity index (χ1v) is 3.90. The van der Waals surface area contributed by atoms with Gasteiger partial charge in [0, 0.05) is 23.3 Å². The summed E-state index contributed by atoms with van der Waals surface area (Å²) in [4.78, 5) is 11.2. The van der Waals surface area contributed by atoms with Gasteiger partial charge in [0.05, 0.1) is 0 Å². The first-order chi connectivity index (χ1) is 5.15. The summed E-state index contributed by atoms with van der Waals surface area (Å²) in [6.07, 6.45) is 0. The second kappa shape index (κ2) is 3.09. The van der Waals surface area contributed by atoms with Gasteiger partial charge >= 0.3 is 0 Å². The lowest BCUT2D eigenvalue weighted by molar-refractivity contribution is 0.701. The van der Waals surface area contributed by atoms with Gasteiger partial charge in [-0.15, -0.1) is 0 Å². The number of nitrogens with zero attached hydrogens (tertiary/aromatic N) is 1. The van der Waals surface area contributed by atoms with Crippen LogP contribution in [0.15, 0.2) is 16.9 Å². The Morgan fingerprint density at radius 3 is 2.64 bits per heavy atom. The summed E-state index contributed by atoms with van der Waals surface area (Å²) in [7, 11) is 0. The molecule has 0 aliphatic heterocycles. The maximum atomic E-state index is 11.2. The SMILES string of the molecule is CCn1c(C)cc(Cl)cc1=O. The Bertz CT molecular complexity index is 316. The van der Waals surface area contributed by atoms with Gasteiger partial charge in [-0.25, -0.2) is 0 Å². The molecular formula is C8H10ClNO. The summed E-state index contributed by atoms with van der Waals surface area (Å²) in [5.41, 5.74) is 0.877. The molecule has 0 aliphatic rings. The highest BCUT2D eigenvalue weighted by atomic mass is 35.5. The highest BCUT2D eigenvalue weighted by Gasteiger charge is 1.98. The summed E-state index contributed by atoms with van der Waals surface area (Å²) in [5, 5.41) is 0.511. The van der Waals surface area contributed by atoms with Crippen molar-refractivity contribution in [2.45, 2.75) is 20.4 Å². The molecule has 1 aromatic heterocycles. The smallest absolute Gasteiger partial charge is 0.252 e. The second-order valence-electron chi connectivity index (χ2n) is 2.40. The van der Waals surface area contributed by atoms with Crippen LogP contribution in [0.2, 0.25) is 5.02 Å². The molecule has 0 radical (unpaired) electrons. The van der Waals surface area contributed by atoms with Crippen LogP contribution in [0.5, 0.6) is 0 Å². The standard InChI is InChI=1S/C8H10ClNO/c1-3-10-6(2)4-7(9)5-8(10)11/h4-5H,3H2,1-2H3. The molecule has 1 aromatic rings. The molecule has 0 N–H and O–H groups in total. The van der Waals surface area contributed by atoms with E-state index in [1.54, 1.807) is 10.6 Å². The van der Waals surface area contributed by atoms with E-state index in [9.17, 15) is 4.79 Å². The number of aromatic nitrogens is 1. The molecule has 11 heavy (non-hydrogen) atoms. The Morgan fingerprint density at radius 2 is 2.18 bits per heavy atom. The van der Waals surface area contributed by atoms with Crippen LogP contribution in [0.25, 0.3) is 0 Å². The summed E-state index contributed by atoms with van der Waals surface area (Å²) in [6, 6.07) is 3.21. The number of hydrogen-bond donors (Lipinski definition) is 0. The van der Waals surface area contributed by atoms with Crippen molar-refractivity contribution in [3.8, 4) is 0 Å². The highest BCUT2D eigenvalue weighted by molar-refractivity contribution is 6.30. The third kappa shape index (κ3) is 1.63. The fraction of sp³-hybridized carbons (Fsp3) is 0.375. The predicted octanol–water partition coefficient (Wildman–Crippen LogP) is 1.83. The van der Waals surface area contributed by atoms with Crippen LogP contribution in [-0.4, -0.2) is 4.57 Å². The molecule has 2 nitrogen and oxygen atoms in total. The number of halogens is 1. The first kappa shape index (κ1) is 8.34. The van der Waals surface area contributed by atoms with Gasteiger partial charge in [0.25, 0.3) is 5.56 Å². The topological polar surface area (TPSA) is 22.0 Å². The van der Waals surface area contributed by atoms with Gasteiger partial charge in [-0.2, -0.15) is 0 Å². The lowest BCUT2D eigenvalue weighted by atomic mass is 10.3. The van der Waals surface area contributed by atoms with E-state index >= 15 is 0 Å². The Balaban J connectivity index is 3.37. The van der Waals surface area contributed by atoms with E-state index in [0.29, 0.717) is 11.6 Å². The molecule has 1 rings (SSSR count). The fourth-order valence-corrected chi connectivity index (χ4v) is 1.35. The van der Waals surface area contributed by atoms with Crippen molar-refractivity contribution in [2.24, 2.45) is 0 Å². The third-order valence-corrected chi connectivity index (χ3v) is 1.83. The average Bonchev–Trinajstić information content (AvgIpc) is 1.85. The molecule has 0 atom stereocenters. The van der Waals surface area contributed by atoms with E-state index in [1.807, 2.05) is 13.8 Å². The van der Waals surface area contributed by atoms with Crippen molar-refractivity contribution >= 4 is 11.6 Å². The highest BCUT2D eigenvalue weighted by Crippen LogP contribution is 2.06. The normalized spacial score (nSPS) is 10.1. The Morgan fingerprint density at radius 1 is 1.55 bits per heavy atom.